The number of rotatable bonds is 4. The second kappa shape index (κ2) is 6.25. The Bertz CT molecular complexity index is 641. The molecule has 2 aromatic rings. The molecule has 0 bridgehead atoms. The van der Waals surface area contributed by atoms with Crippen LogP contribution in [0, 0.1) is 0 Å². The Morgan fingerprint density at radius 1 is 1.43 bits per heavy atom. The normalized spacial score (nSPS) is 19.0. The number of hydrogen-bond donors (Lipinski definition) is 1. The molecular weight excluding hydrogens is 350 g/mol. The number of carbonyl (C=O) groups is 1. The van der Waals surface area contributed by atoms with Crippen LogP contribution in [0.1, 0.15) is 29.4 Å². The average molecular weight is 366 g/mol. The van der Waals surface area contributed by atoms with Crippen LogP contribution in [0.5, 0.6) is 0 Å². The molecule has 1 aliphatic rings. The number of nitrogens with one attached hydrogen (secondary N) is 1. The summed E-state index contributed by atoms with van der Waals surface area (Å²) in [4.78, 5) is 18.5. The van der Waals surface area contributed by atoms with Gasteiger partial charge in [0, 0.05) is 16.4 Å². The first-order valence-corrected chi connectivity index (χ1v) is 8.55. The summed E-state index contributed by atoms with van der Waals surface area (Å²) in [7, 11) is 0. The smallest absolute Gasteiger partial charge is 0.235 e. The number of aryl methyl sites for hydroxylation is 1. The van der Waals surface area contributed by atoms with Crippen molar-refractivity contribution in [1.29, 1.82) is 0 Å². The van der Waals surface area contributed by atoms with E-state index in [0.29, 0.717) is 6.54 Å². The second-order valence-electron chi connectivity index (χ2n) is 5.02. The van der Waals surface area contributed by atoms with Gasteiger partial charge in [0.05, 0.1) is 17.2 Å². The van der Waals surface area contributed by atoms with Gasteiger partial charge in [-0.25, -0.2) is 4.98 Å². The Hall–Kier alpha value is -1.24. The standard InChI is InChI=1S/C15H16BrN3OS/c1-2-14-17-12(9-21-14)15-18-13(20)8-19(15)7-10-3-5-11(16)6-4-10/h3-6,9,15H,2,7-8H2,1H3,(H,18,20). The van der Waals surface area contributed by atoms with E-state index in [4.69, 9.17) is 0 Å². The van der Waals surface area contributed by atoms with Crippen LogP contribution in [0.15, 0.2) is 34.1 Å². The minimum Gasteiger partial charge on any atom is -0.334 e. The molecule has 0 radical (unpaired) electrons. The van der Waals surface area contributed by atoms with E-state index in [0.717, 1.165) is 28.1 Å². The van der Waals surface area contributed by atoms with Gasteiger partial charge in [0.25, 0.3) is 0 Å². The van der Waals surface area contributed by atoms with Crippen molar-refractivity contribution < 1.29 is 4.79 Å². The fourth-order valence-corrected chi connectivity index (χ4v) is 3.44. The minimum absolute atomic E-state index is 0.0585. The van der Waals surface area contributed by atoms with Gasteiger partial charge in [0.2, 0.25) is 5.91 Å². The molecule has 110 valence electrons. The van der Waals surface area contributed by atoms with Crippen molar-refractivity contribution in [2.75, 3.05) is 6.54 Å². The molecule has 0 spiro atoms. The summed E-state index contributed by atoms with van der Waals surface area (Å²) in [6, 6.07) is 8.19. The van der Waals surface area contributed by atoms with Gasteiger partial charge >= 0.3 is 0 Å². The number of aromatic nitrogens is 1. The summed E-state index contributed by atoms with van der Waals surface area (Å²) in [6.07, 6.45) is 0.815. The molecule has 1 saturated heterocycles. The van der Waals surface area contributed by atoms with Crippen LogP contribution in [0.25, 0.3) is 0 Å². The number of nitrogens with zero attached hydrogens (tertiary/aromatic N) is 2. The lowest BCUT2D eigenvalue weighted by Crippen LogP contribution is -2.27. The van der Waals surface area contributed by atoms with Crippen molar-refractivity contribution in [3.8, 4) is 0 Å². The van der Waals surface area contributed by atoms with Gasteiger partial charge in [-0.3, -0.25) is 9.69 Å². The number of benzene rings is 1. The molecule has 1 aromatic carbocycles. The molecule has 4 nitrogen and oxygen atoms in total. The lowest BCUT2D eigenvalue weighted by molar-refractivity contribution is -0.118. The molecule has 21 heavy (non-hydrogen) atoms. The molecule has 1 atom stereocenters. The van der Waals surface area contributed by atoms with Crippen LogP contribution in [0.3, 0.4) is 0 Å². The fraction of sp³-hybridized carbons (Fsp3) is 0.333. The predicted molar refractivity (Wildman–Crippen MR) is 86.9 cm³/mol. The molecule has 3 rings (SSSR count). The average Bonchev–Trinajstić information content (AvgIpc) is 3.07. The number of thiazole rings is 1. The van der Waals surface area contributed by atoms with Crippen molar-refractivity contribution in [2.45, 2.75) is 26.1 Å². The fourth-order valence-electron chi connectivity index (χ4n) is 2.41. The highest BCUT2D eigenvalue weighted by Gasteiger charge is 2.32. The summed E-state index contributed by atoms with van der Waals surface area (Å²) in [6.45, 7) is 3.24. The molecular formula is C15H16BrN3OS. The maximum absolute atomic E-state index is 11.8. The Morgan fingerprint density at radius 2 is 2.19 bits per heavy atom. The molecule has 2 heterocycles. The maximum atomic E-state index is 11.8. The molecule has 1 N–H and O–H groups in total. The first-order valence-electron chi connectivity index (χ1n) is 6.88. The summed E-state index contributed by atoms with van der Waals surface area (Å²) in [5, 5.41) is 6.16. The van der Waals surface area contributed by atoms with Crippen molar-refractivity contribution in [2.24, 2.45) is 0 Å². The highest BCUT2D eigenvalue weighted by molar-refractivity contribution is 9.10. The van der Waals surface area contributed by atoms with E-state index in [9.17, 15) is 4.79 Å². The van der Waals surface area contributed by atoms with Gasteiger partial charge < -0.3 is 5.32 Å². The van der Waals surface area contributed by atoms with Gasteiger partial charge in [-0.15, -0.1) is 11.3 Å². The van der Waals surface area contributed by atoms with Crippen LogP contribution in [0.2, 0.25) is 0 Å². The SMILES string of the molecule is CCc1nc(C2NC(=O)CN2Cc2ccc(Br)cc2)cs1. The van der Waals surface area contributed by atoms with Crippen molar-refractivity contribution >= 4 is 33.2 Å². The van der Waals surface area contributed by atoms with Gasteiger partial charge in [0.1, 0.15) is 6.17 Å². The lowest BCUT2D eigenvalue weighted by atomic mass is 10.2. The van der Waals surface area contributed by atoms with Crippen LogP contribution < -0.4 is 5.32 Å². The van der Waals surface area contributed by atoms with Crippen LogP contribution >= 0.6 is 27.3 Å². The van der Waals surface area contributed by atoms with E-state index in [1.807, 2.05) is 17.5 Å². The topological polar surface area (TPSA) is 45.2 Å². The molecule has 0 saturated carbocycles. The molecule has 1 amide bonds. The lowest BCUT2D eigenvalue weighted by Gasteiger charge is -2.21. The van der Waals surface area contributed by atoms with E-state index in [-0.39, 0.29) is 12.1 Å². The molecule has 0 aliphatic carbocycles. The van der Waals surface area contributed by atoms with Crippen molar-refractivity contribution in [3.05, 3.63) is 50.4 Å². The first-order chi connectivity index (χ1) is 10.2. The third-order valence-corrected chi connectivity index (χ3v) is 5.00. The number of hydrogen-bond acceptors (Lipinski definition) is 4. The van der Waals surface area contributed by atoms with Gasteiger partial charge in [0.15, 0.2) is 0 Å². The highest BCUT2D eigenvalue weighted by atomic mass is 79.9. The number of halogens is 1. The minimum atomic E-state index is -0.113. The Labute approximate surface area is 136 Å². The summed E-state index contributed by atoms with van der Waals surface area (Å²) < 4.78 is 1.06. The molecule has 1 aromatic heterocycles. The van der Waals surface area contributed by atoms with E-state index in [1.54, 1.807) is 11.3 Å². The number of amides is 1. The van der Waals surface area contributed by atoms with Gasteiger partial charge in [-0.1, -0.05) is 35.0 Å². The quantitative estimate of drug-likeness (QED) is 0.905. The molecule has 1 aliphatic heterocycles. The summed E-state index contributed by atoms with van der Waals surface area (Å²) in [5.74, 6) is 0.0585. The van der Waals surface area contributed by atoms with Crippen LogP contribution in [-0.4, -0.2) is 22.3 Å². The van der Waals surface area contributed by atoms with Crippen molar-refractivity contribution in [1.82, 2.24) is 15.2 Å². The van der Waals surface area contributed by atoms with Crippen LogP contribution in [0.4, 0.5) is 0 Å². The van der Waals surface area contributed by atoms with Crippen LogP contribution in [-0.2, 0) is 17.8 Å². The van der Waals surface area contributed by atoms with Crippen molar-refractivity contribution in [3.63, 3.8) is 0 Å². The molecule has 1 unspecified atom stereocenters. The van der Waals surface area contributed by atoms with Gasteiger partial charge in [-0.05, 0) is 24.1 Å². The molecule has 6 heteroatoms. The summed E-state index contributed by atoms with van der Waals surface area (Å²) in [5.41, 5.74) is 2.13. The number of carbonyl (C=O) groups excluding carboxylic acids is 1. The highest BCUT2D eigenvalue weighted by Crippen LogP contribution is 2.26. The zero-order valence-electron chi connectivity index (χ0n) is 11.7. The summed E-state index contributed by atoms with van der Waals surface area (Å²) >= 11 is 5.09. The second-order valence-corrected chi connectivity index (χ2v) is 6.88. The third kappa shape index (κ3) is 3.33. The molecule has 1 fully saturated rings. The zero-order valence-corrected chi connectivity index (χ0v) is 14.1. The Morgan fingerprint density at radius 3 is 2.86 bits per heavy atom. The predicted octanol–water partition coefficient (Wildman–Crippen LogP) is 3.10. The van der Waals surface area contributed by atoms with E-state index >= 15 is 0 Å². The Kier molecular flexibility index (Phi) is 4.37. The monoisotopic (exact) mass is 365 g/mol. The van der Waals surface area contributed by atoms with E-state index in [2.05, 4.69) is 50.2 Å². The van der Waals surface area contributed by atoms with E-state index < -0.39 is 0 Å². The maximum Gasteiger partial charge on any atom is 0.235 e. The first kappa shape index (κ1) is 14.7. The van der Waals surface area contributed by atoms with Gasteiger partial charge in [-0.2, -0.15) is 0 Å². The van der Waals surface area contributed by atoms with E-state index in [1.165, 1.54) is 5.56 Å². The largest absolute Gasteiger partial charge is 0.334 e. The Balaban J connectivity index is 1.78. The third-order valence-electron chi connectivity index (χ3n) is 3.46. The zero-order chi connectivity index (χ0) is 14.8.